The summed E-state index contributed by atoms with van der Waals surface area (Å²) in [5, 5.41) is 9.21. The van der Waals surface area contributed by atoms with Crippen molar-refractivity contribution in [2.24, 2.45) is 0 Å². The lowest BCUT2D eigenvalue weighted by atomic mass is 10.3. The molecule has 5 heteroatoms. The first-order valence-electron chi connectivity index (χ1n) is 4.26. The first kappa shape index (κ1) is 9.30. The molecule has 2 rings (SSSR count). The van der Waals surface area contributed by atoms with Gasteiger partial charge in [0.1, 0.15) is 11.3 Å². The summed E-state index contributed by atoms with van der Waals surface area (Å²) in [5.41, 5.74) is 7.06. The Hall–Kier alpha value is -1.26. The summed E-state index contributed by atoms with van der Waals surface area (Å²) in [4.78, 5) is 4.13. The van der Waals surface area contributed by atoms with E-state index in [4.69, 9.17) is 22.4 Å². The fourth-order valence-electron chi connectivity index (χ4n) is 1.46. The van der Waals surface area contributed by atoms with Crippen molar-refractivity contribution in [1.29, 1.82) is 0 Å². The van der Waals surface area contributed by atoms with Gasteiger partial charge < -0.3 is 15.2 Å². The van der Waals surface area contributed by atoms with E-state index in [0.29, 0.717) is 22.8 Å². The monoisotopic (exact) mass is 211 g/mol. The molecule has 0 spiro atoms. The molecule has 4 nitrogen and oxygen atoms in total. The maximum atomic E-state index is 8.83. The van der Waals surface area contributed by atoms with Crippen molar-refractivity contribution >= 4 is 22.8 Å². The van der Waals surface area contributed by atoms with Crippen LogP contribution >= 0.6 is 11.6 Å². The van der Waals surface area contributed by atoms with Gasteiger partial charge in [-0.25, -0.2) is 4.98 Å². The highest BCUT2D eigenvalue weighted by atomic mass is 35.5. The zero-order chi connectivity index (χ0) is 10.1. The Morgan fingerprint density at radius 1 is 1.57 bits per heavy atom. The van der Waals surface area contributed by atoms with Crippen LogP contribution < -0.4 is 5.73 Å². The van der Waals surface area contributed by atoms with Crippen molar-refractivity contribution < 1.29 is 5.11 Å². The Morgan fingerprint density at radius 2 is 2.36 bits per heavy atom. The van der Waals surface area contributed by atoms with Crippen LogP contribution in [0.2, 0.25) is 5.15 Å². The number of fused-ring (bicyclic) bond motifs is 1. The van der Waals surface area contributed by atoms with Gasteiger partial charge in [-0.3, -0.25) is 0 Å². The van der Waals surface area contributed by atoms with E-state index < -0.39 is 0 Å². The number of aromatic nitrogens is 2. The third-order valence-corrected chi connectivity index (χ3v) is 2.32. The number of pyridine rings is 1. The molecule has 0 unspecified atom stereocenters. The predicted octanol–water partition coefficient (Wildman–Crippen LogP) is 1.10. The third kappa shape index (κ3) is 1.32. The Labute approximate surface area is 85.9 Å². The number of hydrogen-bond donors (Lipinski definition) is 2. The minimum Gasteiger partial charge on any atom is -0.397 e. The first-order chi connectivity index (χ1) is 6.74. The normalized spacial score (nSPS) is 11.0. The smallest absolute Gasteiger partial charge is 0.157 e. The molecular formula is C9H10ClN3O. The van der Waals surface area contributed by atoms with Gasteiger partial charge in [0.25, 0.3) is 0 Å². The molecule has 0 fully saturated rings. The average molecular weight is 212 g/mol. The van der Waals surface area contributed by atoms with Gasteiger partial charge in [0, 0.05) is 12.6 Å². The van der Waals surface area contributed by atoms with Gasteiger partial charge in [-0.05, 0) is 12.1 Å². The molecule has 0 aliphatic carbocycles. The first-order valence-corrected chi connectivity index (χ1v) is 4.63. The van der Waals surface area contributed by atoms with E-state index in [2.05, 4.69) is 4.98 Å². The number of aliphatic hydroxyl groups excluding tert-OH is 1. The molecule has 0 radical (unpaired) electrons. The molecule has 0 saturated heterocycles. The van der Waals surface area contributed by atoms with Crippen LogP contribution in [-0.2, 0) is 6.42 Å². The molecule has 2 aromatic heterocycles. The van der Waals surface area contributed by atoms with Crippen molar-refractivity contribution in [3.8, 4) is 0 Å². The zero-order valence-electron chi connectivity index (χ0n) is 7.44. The molecule has 3 N–H and O–H groups in total. The number of aliphatic hydroxyl groups is 1. The minimum absolute atomic E-state index is 0.0459. The highest BCUT2D eigenvalue weighted by Gasteiger charge is 2.10. The van der Waals surface area contributed by atoms with E-state index >= 15 is 0 Å². The Kier molecular flexibility index (Phi) is 2.31. The van der Waals surface area contributed by atoms with Gasteiger partial charge >= 0.3 is 0 Å². The van der Waals surface area contributed by atoms with Gasteiger partial charge in [-0.15, -0.1) is 0 Å². The number of nitrogens with two attached hydrogens (primary N) is 1. The summed E-state index contributed by atoms with van der Waals surface area (Å²) < 4.78 is 1.80. The van der Waals surface area contributed by atoms with Gasteiger partial charge in [-0.2, -0.15) is 0 Å². The summed E-state index contributed by atoms with van der Waals surface area (Å²) in [7, 11) is 0. The van der Waals surface area contributed by atoms with Crippen molar-refractivity contribution in [1.82, 2.24) is 9.38 Å². The van der Waals surface area contributed by atoms with Crippen LogP contribution in [0.15, 0.2) is 18.3 Å². The highest BCUT2D eigenvalue weighted by molar-refractivity contribution is 6.33. The second-order valence-corrected chi connectivity index (χ2v) is 3.33. The fourth-order valence-corrected chi connectivity index (χ4v) is 1.75. The summed E-state index contributed by atoms with van der Waals surface area (Å²) in [6, 6.07) is 3.59. The van der Waals surface area contributed by atoms with E-state index in [1.807, 2.05) is 12.3 Å². The summed E-state index contributed by atoms with van der Waals surface area (Å²) >= 11 is 5.93. The van der Waals surface area contributed by atoms with Gasteiger partial charge in [0.2, 0.25) is 0 Å². The molecule has 2 aromatic rings. The minimum atomic E-state index is 0.0459. The quantitative estimate of drug-likeness (QED) is 0.782. The lowest BCUT2D eigenvalue weighted by Gasteiger charge is -2.00. The van der Waals surface area contributed by atoms with Crippen molar-refractivity contribution in [3.05, 3.63) is 29.3 Å². The molecule has 74 valence electrons. The summed E-state index contributed by atoms with van der Waals surface area (Å²) in [6.45, 7) is 0.0459. The third-order valence-electron chi connectivity index (χ3n) is 2.06. The fraction of sp³-hybridized carbons (Fsp3) is 0.222. The molecule has 0 aliphatic rings. The molecular weight excluding hydrogens is 202 g/mol. The zero-order valence-corrected chi connectivity index (χ0v) is 8.20. The highest BCUT2D eigenvalue weighted by Crippen LogP contribution is 2.23. The molecule has 14 heavy (non-hydrogen) atoms. The van der Waals surface area contributed by atoms with Crippen molar-refractivity contribution in [2.45, 2.75) is 6.42 Å². The van der Waals surface area contributed by atoms with Gasteiger partial charge in [0.15, 0.2) is 5.15 Å². The summed E-state index contributed by atoms with van der Waals surface area (Å²) in [5.74, 6) is 0.722. The Morgan fingerprint density at radius 3 is 3.07 bits per heavy atom. The summed E-state index contributed by atoms with van der Waals surface area (Å²) in [6.07, 6.45) is 2.30. The van der Waals surface area contributed by atoms with E-state index in [1.165, 1.54) is 0 Å². The lowest BCUT2D eigenvalue weighted by Crippen LogP contribution is -1.99. The van der Waals surface area contributed by atoms with Crippen LogP contribution in [0.4, 0.5) is 5.69 Å². The second-order valence-electron chi connectivity index (χ2n) is 2.97. The number of anilines is 1. The number of halogens is 1. The number of nitrogens with zero attached hydrogens (tertiary/aromatic N) is 2. The lowest BCUT2D eigenvalue weighted by molar-refractivity contribution is 0.296. The number of imidazole rings is 1. The van der Waals surface area contributed by atoms with Crippen LogP contribution in [0, 0.1) is 0 Å². The molecule has 0 saturated carbocycles. The SMILES string of the molecule is Nc1cccn2c(CCO)nc(Cl)c12. The Bertz CT molecular complexity index is 466. The van der Waals surface area contributed by atoms with E-state index in [-0.39, 0.29) is 6.61 Å². The predicted molar refractivity (Wildman–Crippen MR) is 55.4 cm³/mol. The van der Waals surface area contributed by atoms with Crippen LogP contribution in [0.3, 0.4) is 0 Å². The molecule has 0 aliphatic heterocycles. The largest absolute Gasteiger partial charge is 0.397 e. The molecule has 0 bridgehead atoms. The molecule has 0 atom stereocenters. The van der Waals surface area contributed by atoms with Crippen LogP contribution in [-0.4, -0.2) is 21.1 Å². The average Bonchev–Trinajstić information content (AvgIpc) is 2.46. The van der Waals surface area contributed by atoms with E-state index in [0.717, 1.165) is 5.82 Å². The Balaban J connectivity index is 2.71. The molecule has 0 amide bonds. The van der Waals surface area contributed by atoms with Gasteiger partial charge in [0.05, 0.1) is 12.3 Å². The van der Waals surface area contributed by atoms with Gasteiger partial charge in [-0.1, -0.05) is 11.6 Å². The molecule has 0 aromatic carbocycles. The maximum absolute atomic E-state index is 8.83. The number of rotatable bonds is 2. The van der Waals surface area contributed by atoms with E-state index in [1.54, 1.807) is 10.5 Å². The number of nitrogen functional groups attached to an aromatic ring is 1. The van der Waals surface area contributed by atoms with Crippen LogP contribution in [0.5, 0.6) is 0 Å². The molecule has 2 heterocycles. The van der Waals surface area contributed by atoms with Crippen LogP contribution in [0.25, 0.3) is 5.52 Å². The topological polar surface area (TPSA) is 63.5 Å². The van der Waals surface area contributed by atoms with E-state index in [9.17, 15) is 0 Å². The number of hydrogen-bond acceptors (Lipinski definition) is 3. The maximum Gasteiger partial charge on any atom is 0.157 e. The standard InChI is InChI=1S/C9H10ClN3O/c10-9-8-6(11)2-1-4-13(8)7(12-9)3-5-14/h1-2,4,14H,3,5,11H2. The second kappa shape index (κ2) is 3.48. The van der Waals surface area contributed by atoms with Crippen molar-refractivity contribution in [2.75, 3.05) is 12.3 Å². The van der Waals surface area contributed by atoms with Crippen molar-refractivity contribution in [3.63, 3.8) is 0 Å². The van der Waals surface area contributed by atoms with Crippen LogP contribution in [0.1, 0.15) is 5.82 Å².